The highest BCUT2D eigenvalue weighted by Gasteiger charge is 2.12. The van der Waals surface area contributed by atoms with E-state index in [9.17, 15) is 4.79 Å². The number of anilines is 1. The van der Waals surface area contributed by atoms with E-state index >= 15 is 0 Å². The Hall–Kier alpha value is -2.67. The van der Waals surface area contributed by atoms with E-state index in [0.717, 1.165) is 18.5 Å². The molecule has 0 aliphatic carbocycles. The van der Waals surface area contributed by atoms with Gasteiger partial charge in [0.1, 0.15) is 0 Å². The maximum Gasteiger partial charge on any atom is 0.335 e. The SMILES string of the molecule is CCCNc1nc(Cl)nc2c1ncn2Cc1ccc(C(=O)O)cc1. The van der Waals surface area contributed by atoms with E-state index in [-0.39, 0.29) is 10.8 Å². The van der Waals surface area contributed by atoms with Crippen LogP contribution in [0.4, 0.5) is 5.82 Å². The van der Waals surface area contributed by atoms with Gasteiger partial charge in [-0.25, -0.2) is 9.78 Å². The standard InChI is InChI=1S/C16H16ClN5O2/c1-2-7-18-13-12-14(21-16(17)20-13)22(9-19-12)8-10-3-5-11(6-4-10)15(23)24/h3-6,9H,2,7-8H2,1H3,(H,23,24)(H,18,20,21). The third kappa shape index (κ3) is 3.30. The number of halogens is 1. The number of imidazole rings is 1. The number of aromatic nitrogens is 4. The van der Waals surface area contributed by atoms with Crippen LogP contribution in [0.3, 0.4) is 0 Å². The monoisotopic (exact) mass is 345 g/mol. The normalized spacial score (nSPS) is 10.9. The van der Waals surface area contributed by atoms with Crippen LogP contribution < -0.4 is 5.32 Å². The molecule has 0 aliphatic heterocycles. The van der Waals surface area contributed by atoms with Crippen molar-refractivity contribution in [2.45, 2.75) is 19.9 Å². The van der Waals surface area contributed by atoms with Crippen molar-refractivity contribution < 1.29 is 9.90 Å². The fraction of sp³-hybridized carbons (Fsp3) is 0.250. The Bertz CT molecular complexity index is 876. The summed E-state index contributed by atoms with van der Waals surface area (Å²) in [6.07, 6.45) is 2.64. The lowest BCUT2D eigenvalue weighted by Crippen LogP contribution is -2.05. The summed E-state index contributed by atoms with van der Waals surface area (Å²) < 4.78 is 1.86. The number of carbonyl (C=O) groups is 1. The van der Waals surface area contributed by atoms with Crippen LogP contribution in [0.5, 0.6) is 0 Å². The number of hydrogen-bond acceptors (Lipinski definition) is 5. The van der Waals surface area contributed by atoms with E-state index in [1.165, 1.54) is 0 Å². The number of aromatic carboxylic acids is 1. The fourth-order valence-electron chi connectivity index (χ4n) is 2.35. The van der Waals surface area contributed by atoms with Crippen molar-refractivity contribution in [2.75, 3.05) is 11.9 Å². The summed E-state index contributed by atoms with van der Waals surface area (Å²) in [6, 6.07) is 6.70. The van der Waals surface area contributed by atoms with Gasteiger partial charge in [-0.3, -0.25) is 0 Å². The van der Waals surface area contributed by atoms with Crippen LogP contribution in [0.15, 0.2) is 30.6 Å². The van der Waals surface area contributed by atoms with Crippen molar-refractivity contribution in [3.05, 3.63) is 47.0 Å². The number of carboxylic acid groups (broad SMARTS) is 1. The molecule has 2 aromatic heterocycles. The van der Waals surface area contributed by atoms with Crippen LogP contribution in [0.25, 0.3) is 11.2 Å². The van der Waals surface area contributed by atoms with Gasteiger partial charge in [0.05, 0.1) is 18.4 Å². The second kappa shape index (κ2) is 6.84. The van der Waals surface area contributed by atoms with Gasteiger partial charge in [0.2, 0.25) is 5.28 Å². The summed E-state index contributed by atoms with van der Waals surface area (Å²) in [7, 11) is 0. The van der Waals surface area contributed by atoms with Crippen molar-refractivity contribution in [3.8, 4) is 0 Å². The van der Waals surface area contributed by atoms with Crippen molar-refractivity contribution in [2.24, 2.45) is 0 Å². The number of benzene rings is 1. The molecule has 0 saturated heterocycles. The molecule has 0 bridgehead atoms. The van der Waals surface area contributed by atoms with Gasteiger partial charge in [0.25, 0.3) is 0 Å². The smallest absolute Gasteiger partial charge is 0.335 e. The number of hydrogen-bond donors (Lipinski definition) is 2. The van der Waals surface area contributed by atoms with Crippen molar-refractivity contribution in [1.82, 2.24) is 19.5 Å². The average molecular weight is 346 g/mol. The quantitative estimate of drug-likeness (QED) is 0.667. The second-order valence-corrected chi connectivity index (χ2v) is 5.65. The number of fused-ring (bicyclic) bond motifs is 1. The molecular formula is C16H16ClN5O2. The van der Waals surface area contributed by atoms with Crippen LogP contribution >= 0.6 is 11.6 Å². The molecule has 124 valence electrons. The van der Waals surface area contributed by atoms with Gasteiger partial charge in [-0.15, -0.1) is 0 Å². The van der Waals surface area contributed by atoms with E-state index in [4.69, 9.17) is 16.7 Å². The Kier molecular flexibility index (Phi) is 4.61. The van der Waals surface area contributed by atoms with Crippen LogP contribution in [0, 0.1) is 0 Å². The van der Waals surface area contributed by atoms with Gasteiger partial charge in [-0.1, -0.05) is 19.1 Å². The summed E-state index contributed by atoms with van der Waals surface area (Å²) in [6.45, 7) is 3.34. The van der Waals surface area contributed by atoms with E-state index in [1.807, 2.05) is 4.57 Å². The lowest BCUT2D eigenvalue weighted by molar-refractivity contribution is 0.0697. The lowest BCUT2D eigenvalue weighted by atomic mass is 10.1. The Balaban J connectivity index is 1.92. The van der Waals surface area contributed by atoms with Gasteiger partial charge in [0, 0.05) is 6.54 Å². The third-order valence-corrected chi connectivity index (χ3v) is 3.70. The van der Waals surface area contributed by atoms with Gasteiger partial charge in [0.15, 0.2) is 17.0 Å². The van der Waals surface area contributed by atoms with Crippen LogP contribution in [0.2, 0.25) is 5.28 Å². The molecular weight excluding hydrogens is 330 g/mol. The average Bonchev–Trinajstić information content (AvgIpc) is 2.96. The van der Waals surface area contributed by atoms with E-state index < -0.39 is 5.97 Å². The van der Waals surface area contributed by atoms with Crippen LogP contribution in [0.1, 0.15) is 29.3 Å². The molecule has 24 heavy (non-hydrogen) atoms. The maximum absolute atomic E-state index is 10.9. The molecule has 0 unspecified atom stereocenters. The van der Waals surface area contributed by atoms with Crippen molar-refractivity contribution >= 4 is 34.6 Å². The Morgan fingerprint density at radius 2 is 2.04 bits per heavy atom. The van der Waals surface area contributed by atoms with E-state index in [1.54, 1.807) is 30.6 Å². The number of carboxylic acids is 1. The van der Waals surface area contributed by atoms with Crippen LogP contribution in [-0.2, 0) is 6.54 Å². The maximum atomic E-state index is 10.9. The summed E-state index contributed by atoms with van der Waals surface area (Å²) in [4.78, 5) is 23.7. The van der Waals surface area contributed by atoms with Crippen molar-refractivity contribution in [1.29, 1.82) is 0 Å². The minimum atomic E-state index is -0.944. The fourth-order valence-corrected chi connectivity index (χ4v) is 2.51. The number of nitrogens with zero attached hydrogens (tertiary/aromatic N) is 4. The highest BCUT2D eigenvalue weighted by atomic mass is 35.5. The zero-order chi connectivity index (χ0) is 17.1. The second-order valence-electron chi connectivity index (χ2n) is 5.31. The third-order valence-electron chi connectivity index (χ3n) is 3.53. The Morgan fingerprint density at radius 3 is 2.71 bits per heavy atom. The molecule has 2 N–H and O–H groups in total. The van der Waals surface area contributed by atoms with E-state index in [2.05, 4.69) is 27.2 Å². The largest absolute Gasteiger partial charge is 0.478 e. The minimum absolute atomic E-state index is 0.157. The molecule has 1 aromatic carbocycles. The molecule has 0 aliphatic rings. The topological polar surface area (TPSA) is 92.9 Å². The first-order valence-electron chi connectivity index (χ1n) is 7.53. The Labute approximate surface area is 143 Å². The van der Waals surface area contributed by atoms with Crippen molar-refractivity contribution in [3.63, 3.8) is 0 Å². The molecule has 0 radical (unpaired) electrons. The summed E-state index contributed by atoms with van der Waals surface area (Å²) >= 11 is 6.02. The lowest BCUT2D eigenvalue weighted by Gasteiger charge is -2.07. The summed E-state index contributed by atoms with van der Waals surface area (Å²) in [5.41, 5.74) is 2.49. The predicted octanol–water partition coefficient (Wildman–Crippen LogP) is 3.05. The van der Waals surface area contributed by atoms with Gasteiger partial charge in [-0.05, 0) is 35.7 Å². The molecule has 0 atom stereocenters. The molecule has 7 nitrogen and oxygen atoms in total. The van der Waals surface area contributed by atoms with Gasteiger partial charge in [-0.2, -0.15) is 9.97 Å². The van der Waals surface area contributed by atoms with Crippen LogP contribution in [-0.4, -0.2) is 37.1 Å². The molecule has 0 amide bonds. The Morgan fingerprint density at radius 1 is 1.29 bits per heavy atom. The zero-order valence-corrected chi connectivity index (χ0v) is 13.8. The summed E-state index contributed by atoms with van der Waals surface area (Å²) in [5, 5.41) is 12.3. The first-order chi connectivity index (χ1) is 11.6. The zero-order valence-electron chi connectivity index (χ0n) is 13.0. The number of rotatable bonds is 6. The number of nitrogens with one attached hydrogen (secondary N) is 1. The highest BCUT2D eigenvalue weighted by molar-refractivity contribution is 6.28. The minimum Gasteiger partial charge on any atom is -0.478 e. The molecule has 0 saturated carbocycles. The first-order valence-corrected chi connectivity index (χ1v) is 7.90. The molecule has 3 aromatic rings. The molecule has 0 spiro atoms. The highest BCUT2D eigenvalue weighted by Crippen LogP contribution is 2.21. The first kappa shape index (κ1) is 16.2. The van der Waals surface area contributed by atoms with Gasteiger partial charge < -0.3 is 15.0 Å². The van der Waals surface area contributed by atoms with E-state index in [0.29, 0.717) is 23.5 Å². The summed E-state index contributed by atoms with van der Waals surface area (Å²) in [5.74, 6) is -0.326. The molecule has 3 rings (SSSR count). The molecule has 2 heterocycles. The molecule has 8 heteroatoms. The van der Waals surface area contributed by atoms with Gasteiger partial charge >= 0.3 is 5.97 Å². The predicted molar refractivity (Wildman–Crippen MR) is 91.6 cm³/mol. The molecule has 0 fully saturated rings.